The molecule has 0 atom stereocenters. The molecule has 0 aromatic heterocycles. The van der Waals surface area contributed by atoms with E-state index in [4.69, 9.17) is 9.47 Å². The van der Waals surface area contributed by atoms with E-state index in [-0.39, 0.29) is 41.5 Å². The first-order chi connectivity index (χ1) is 15.5. The maximum atomic E-state index is 14.2. The molecule has 4 rings (SSSR count). The fraction of sp³-hybridized carbons (Fsp3) is 0.182. The van der Waals surface area contributed by atoms with Gasteiger partial charge in [0.1, 0.15) is 18.2 Å². The van der Waals surface area contributed by atoms with Gasteiger partial charge in [0.15, 0.2) is 11.6 Å². The Bertz CT molecular complexity index is 1320. The van der Waals surface area contributed by atoms with Gasteiger partial charge in [-0.3, -0.25) is 4.31 Å². The van der Waals surface area contributed by atoms with Crippen LogP contribution in [0.25, 0.3) is 11.1 Å². The Kier molecular flexibility index (Phi) is 5.69. The van der Waals surface area contributed by atoms with Crippen molar-refractivity contribution in [1.82, 2.24) is 0 Å². The Labute approximate surface area is 186 Å². The highest BCUT2D eigenvalue weighted by molar-refractivity contribution is 7.92. The van der Waals surface area contributed by atoms with Crippen molar-refractivity contribution >= 4 is 15.7 Å². The largest absolute Gasteiger partial charge is 0.493 e. The summed E-state index contributed by atoms with van der Waals surface area (Å²) >= 11 is 0. The van der Waals surface area contributed by atoms with Crippen LogP contribution in [-0.2, 0) is 16.2 Å². The van der Waals surface area contributed by atoms with Gasteiger partial charge in [-0.15, -0.1) is 0 Å². The van der Waals surface area contributed by atoms with E-state index in [0.717, 1.165) is 28.6 Å². The van der Waals surface area contributed by atoms with Crippen LogP contribution in [0.5, 0.6) is 11.5 Å². The number of methoxy groups -OCH3 is 1. The van der Waals surface area contributed by atoms with Crippen LogP contribution < -0.4 is 13.8 Å². The highest BCUT2D eigenvalue weighted by Gasteiger charge is 2.35. The molecule has 0 saturated heterocycles. The number of hydrogen-bond donors (Lipinski definition) is 0. The van der Waals surface area contributed by atoms with Crippen molar-refractivity contribution in [2.75, 3.05) is 24.6 Å². The van der Waals surface area contributed by atoms with E-state index in [0.29, 0.717) is 12.1 Å². The molecular formula is C22H16F5NO4S. The first-order valence-corrected chi connectivity index (χ1v) is 11.0. The van der Waals surface area contributed by atoms with Gasteiger partial charge in [-0.25, -0.2) is 17.2 Å². The van der Waals surface area contributed by atoms with Crippen molar-refractivity contribution in [2.24, 2.45) is 0 Å². The van der Waals surface area contributed by atoms with Gasteiger partial charge in [-0.1, -0.05) is 12.1 Å². The summed E-state index contributed by atoms with van der Waals surface area (Å²) in [5.41, 5.74) is -0.841. The molecule has 3 aromatic rings. The number of nitrogens with zero attached hydrogens (tertiary/aromatic N) is 1. The number of alkyl halides is 3. The van der Waals surface area contributed by atoms with Gasteiger partial charge in [0.2, 0.25) is 0 Å². The maximum Gasteiger partial charge on any atom is 0.416 e. The quantitative estimate of drug-likeness (QED) is 0.474. The van der Waals surface area contributed by atoms with Crippen LogP contribution in [0.2, 0.25) is 0 Å². The second-order valence-corrected chi connectivity index (χ2v) is 8.96. The molecule has 0 bridgehead atoms. The Morgan fingerprint density at radius 3 is 2.48 bits per heavy atom. The number of ether oxygens (including phenoxy) is 2. The summed E-state index contributed by atoms with van der Waals surface area (Å²) < 4.78 is 105. The molecule has 0 unspecified atom stereocenters. The number of hydrogen-bond acceptors (Lipinski definition) is 4. The van der Waals surface area contributed by atoms with Crippen molar-refractivity contribution in [2.45, 2.75) is 11.1 Å². The molecule has 1 aliphatic rings. The van der Waals surface area contributed by atoms with Crippen molar-refractivity contribution in [3.05, 3.63) is 71.8 Å². The summed E-state index contributed by atoms with van der Waals surface area (Å²) in [6.45, 7) is -0.216. The molecule has 0 N–H and O–H groups in total. The van der Waals surface area contributed by atoms with E-state index in [1.807, 2.05) is 0 Å². The Morgan fingerprint density at radius 2 is 1.79 bits per heavy atom. The van der Waals surface area contributed by atoms with Gasteiger partial charge in [0.05, 0.1) is 29.8 Å². The third kappa shape index (κ3) is 4.20. The van der Waals surface area contributed by atoms with Crippen molar-refractivity contribution in [3.8, 4) is 22.6 Å². The summed E-state index contributed by atoms with van der Waals surface area (Å²) in [6.07, 6.45) is -4.72. The van der Waals surface area contributed by atoms with Crippen molar-refractivity contribution in [1.29, 1.82) is 0 Å². The summed E-state index contributed by atoms with van der Waals surface area (Å²) in [5, 5.41) is 0. The lowest BCUT2D eigenvalue weighted by Gasteiger charge is -2.31. The molecule has 174 valence electrons. The average molecular weight is 485 g/mol. The Balaban J connectivity index is 1.84. The number of fused-ring (bicyclic) bond motifs is 1. The number of halogens is 5. The number of benzene rings is 3. The van der Waals surface area contributed by atoms with Gasteiger partial charge in [0.25, 0.3) is 10.0 Å². The zero-order chi connectivity index (χ0) is 24.0. The highest BCUT2D eigenvalue weighted by Crippen LogP contribution is 2.42. The van der Waals surface area contributed by atoms with Crippen LogP contribution in [0, 0.1) is 11.6 Å². The molecule has 1 heterocycles. The van der Waals surface area contributed by atoms with E-state index in [2.05, 4.69) is 0 Å². The molecule has 33 heavy (non-hydrogen) atoms. The molecule has 5 nitrogen and oxygen atoms in total. The fourth-order valence-corrected chi connectivity index (χ4v) is 5.05. The first kappa shape index (κ1) is 22.8. The van der Waals surface area contributed by atoms with Crippen LogP contribution in [0.4, 0.5) is 27.6 Å². The van der Waals surface area contributed by atoms with Crippen LogP contribution in [0.3, 0.4) is 0 Å². The smallest absolute Gasteiger partial charge is 0.416 e. The van der Waals surface area contributed by atoms with Crippen LogP contribution in [0.1, 0.15) is 5.56 Å². The molecule has 0 saturated carbocycles. The molecule has 0 amide bonds. The van der Waals surface area contributed by atoms with Crippen molar-refractivity contribution < 1.29 is 39.8 Å². The standard InChI is InChI=1S/C22H16F5NO4S/c1-31-21-17(11-15(23)12-18(21)24)13-5-6-20-19(9-13)28(7-8-32-20)33(29,30)16-4-2-3-14(10-16)22(25,26)27/h2-6,9-12H,7-8H2,1H3. The van der Waals surface area contributed by atoms with E-state index >= 15 is 0 Å². The highest BCUT2D eigenvalue weighted by atomic mass is 32.2. The molecule has 11 heteroatoms. The van der Waals surface area contributed by atoms with Gasteiger partial charge < -0.3 is 9.47 Å². The zero-order valence-corrected chi connectivity index (χ0v) is 17.8. The minimum absolute atomic E-state index is 0.0166. The Hall–Kier alpha value is -3.34. The van der Waals surface area contributed by atoms with E-state index in [1.54, 1.807) is 0 Å². The number of anilines is 1. The van der Waals surface area contributed by atoms with Gasteiger partial charge in [-0.2, -0.15) is 13.2 Å². The minimum Gasteiger partial charge on any atom is -0.493 e. The topological polar surface area (TPSA) is 55.8 Å². The summed E-state index contributed by atoms with van der Waals surface area (Å²) in [4.78, 5) is -0.551. The van der Waals surface area contributed by atoms with Crippen LogP contribution in [-0.4, -0.2) is 28.7 Å². The normalized spacial score (nSPS) is 13.9. The van der Waals surface area contributed by atoms with Gasteiger partial charge in [0, 0.05) is 11.6 Å². The third-order valence-corrected chi connectivity index (χ3v) is 6.86. The first-order valence-electron chi connectivity index (χ1n) is 9.52. The van der Waals surface area contributed by atoms with E-state index in [9.17, 15) is 30.4 Å². The third-order valence-electron chi connectivity index (χ3n) is 5.05. The van der Waals surface area contributed by atoms with Crippen LogP contribution >= 0.6 is 0 Å². The minimum atomic E-state index is -4.72. The Morgan fingerprint density at radius 1 is 1.03 bits per heavy atom. The zero-order valence-electron chi connectivity index (χ0n) is 17.0. The molecule has 0 radical (unpaired) electrons. The summed E-state index contributed by atoms with van der Waals surface area (Å²) in [5.74, 6) is -1.92. The maximum absolute atomic E-state index is 14.2. The van der Waals surface area contributed by atoms with Crippen molar-refractivity contribution in [3.63, 3.8) is 0 Å². The predicted octanol–water partition coefficient (Wildman–Crippen LogP) is 5.25. The molecule has 0 fully saturated rings. The molecule has 0 aliphatic carbocycles. The van der Waals surface area contributed by atoms with Gasteiger partial charge >= 0.3 is 6.18 Å². The van der Waals surface area contributed by atoms with E-state index in [1.165, 1.54) is 25.3 Å². The summed E-state index contributed by atoms with van der Waals surface area (Å²) in [6, 6.07) is 9.29. The second kappa shape index (κ2) is 8.22. The van der Waals surface area contributed by atoms with Gasteiger partial charge in [-0.05, 0) is 42.0 Å². The molecule has 1 aliphatic heterocycles. The molecule has 3 aromatic carbocycles. The number of sulfonamides is 1. The lowest BCUT2D eigenvalue weighted by Crippen LogP contribution is -2.38. The molecular weight excluding hydrogens is 469 g/mol. The SMILES string of the molecule is COc1c(F)cc(F)cc1-c1ccc2c(c1)N(S(=O)(=O)c1cccc(C(F)(F)F)c1)CCO2. The lowest BCUT2D eigenvalue weighted by atomic mass is 10.0. The fourth-order valence-electron chi connectivity index (χ4n) is 3.55. The number of rotatable bonds is 4. The van der Waals surface area contributed by atoms with Crippen LogP contribution in [0.15, 0.2) is 59.5 Å². The lowest BCUT2D eigenvalue weighted by molar-refractivity contribution is -0.137. The average Bonchev–Trinajstić information content (AvgIpc) is 2.77. The monoisotopic (exact) mass is 485 g/mol. The molecule has 0 spiro atoms. The summed E-state index contributed by atoms with van der Waals surface area (Å²) in [7, 11) is -3.22. The second-order valence-electron chi connectivity index (χ2n) is 7.10. The van der Waals surface area contributed by atoms with E-state index < -0.39 is 38.3 Å². The predicted molar refractivity (Wildman–Crippen MR) is 110 cm³/mol.